The molecule has 9 nitrogen and oxygen atoms in total. The van der Waals surface area contributed by atoms with Gasteiger partial charge in [0.1, 0.15) is 4.90 Å². The monoisotopic (exact) mass is 462 g/mol. The number of hydrogen-bond donors (Lipinski definition) is 2. The predicted octanol–water partition coefficient (Wildman–Crippen LogP) is 3.29. The van der Waals surface area contributed by atoms with Crippen molar-refractivity contribution in [2.24, 2.45) is 5.92 Å². The van der Waals surface area contributed by atoms with Gasteiger partial charge in [-0.3, -0.25) is 9.52 Å². The van der Waals surface area contributed by atoms with E-state index in [4.69, 9.17) is 9.47 Å². The van der Waals surface area contributed by atoms with Gasteiger partial charge in [-0.05, 0) is 48.0 Å². The van der Waals surface area contributed by atoms with E-state index in [2.05, 4.69) is 14.8 Å². The molecule has 10 heteroatoms. The van der Waals surface area contributed by atoms with Crippen molar-refractivity contribution in [1.29, 1.82) is 0 Å². The molecule has 32 heavy (non-hydrogen) atoms. The molecule has 0 atom stereocenters. The Bertz CT molecular complexity index is 1110. The summed E-state index contributed by atoms with van der Waals surface area (Å²) in [5.41, 5.74) is 1.21. The van der Waals surface area contributed by atoms with E-state index in [1.165, 1.54) is 51.7 Å². The number of carbonyl (C=O) groups is 2. The van der Waals surface area contributed by atoms with E-state index >= 15 is 0 Å². The molecular weight excluding hydrogens is 436 g/mol. The molecule has 2 aromatic carbocycles. The molecule has 0 aliphatic carbocycles. The number of amides is 1. The molecule has 0 aliphatic heterocycles. The number of benzene rings is 2. The predicted molar refractivity (Wildman–Crippen MR) is 121 cm³/mol. The van der Waals surface area contributed by atoms with Crippen molar-refractivity contribution in [3.63, 3.8) is 0 Å². The van der Waals surface area contributed by atoms with Gasteiger partial charge in [-0.1, -0.05) is 13.8 Å². The molecule has 172 valence electrons. The Morgan fingerprint density at radius 3 is 2.12 bits per heavy atom. The third kappa shape index (κ3) is 6.24. The summed E-state index contributed by atoms with van der Waals surface area (Å²) in [6, 6.07) is 9.11. The van der Waals surface area contributed by atoms with Crippen LogP contribution in [0, 0.1) is 5.92 Å². The highest BCUT2D eigenvalue weighted by Gasteiger charge is 2.24. The Balaban J connectivity index is 2.38. The maximum Gasteiger partial charge on any atom is 0.330 e. The molecule has 0 unspecified atom stereocenters. The lowest BCUT2D eigenvalue weighted by Gasteiger charge is -2.16. The van der Waals surface area contributed by atoms with E-state index in [-0.39, 0.29) is 33.9 Å². The second-order valence-electron chi connectivity index (χ2n) is 6.94. The zero-order valence-electron chi connectivity index (χ0n) is 18.5. The summed E-state index contributed by atoms with van der Waals surface area (Å²) in [5, 5.41) is 2.73. The number of hydrogen-bond acceptors (Lipinski definition) is 7. The van der Waals surface area contributed by atoms with Crippen LogP contribution in [0.3, 0.4) is 0 Å². The van der Waals surface area contributed by atoms with Crippen LogP contribution in [0.5, 0.6) is 11.5 Å². The summed E-state index contributed by atoms with van der Waals surface area (Å²) in [6.45, 7) is 3.54. The molecule has 0 heterocycles. The van der Waals surface area contributed by atoms with Gasteiger partial charge >= 0.3 is 5.97 Å². The van der Waals surface area contributed by atoms with Gasteiger partial charge in [-0.25, -0.2) is 13.2 Å². The highest BCUT2D eigenvalue weighted by atomic mass is 32.2. The van der Waals surface area contributed by atoms with Crippen LogP contribution < -0.4 is 19.5 Å². The minimum Gasteiger partial charge on any atom is -0.493 e. The zero-order valence-corrected chi connectivity index (χ0v) is 19.3. The number of ether oxygens (including phenoxy) is 3. The van der Waals surface area contributed by atoms with Crippen molar-refractivity contribution in [2.75, 3.05) is 31.4 Å². The van der Waals surface area contributed by atoms with Crippen LogP contribution in [-0.4, -0.2) is 41.6 Å². The second-order valence-corrected chi connectivity index (χ2v) is 8.59. The largest absolute Gasteiger partial charge is 0.493 e. The molecule has 0 radical (unpaired) electrons. The van der Waals surface area contributed by atoms with Crippen LogP contribution in [-0.2, 0) is 24.3 Å². The molecule has 0 aliphatic rings. The summed E-state index contributed by atoms with van der Waals surface area (Å²) in [4.78, 5) is 23.0. The van der Waals surface area contributed by atoms with E-state index in [1.807, 2.05) is 0 Å². The second kappa shape index (κ2) is 10.7. The molecule has 0 aromatic heterocycles. The van der Waals surface area contributed by atoms with Gasteiger partial charge in [0.2, 0.25) is 5.91 Å². The molecule has 2 aromatic rings. The fourth-order valence-corrected chi connectivity index (χ4v) is 3.87. The lowest BCUT2D eigenvalue weighted by molar-refractivity contribution is -0.134. The number of rotatable bonds is 9. The van der Waals surface area contributed by atoms with Crippen molar-refractivity contribution >= 4 is 39.4 Å². The first kappa shape index (κ1) is 24.7. The van der Waals surface area contributed by atoms with Crippen LogP contribution in [0.15, 0.2) is 47.4 Å². The topological polar surface area (TPSA) is 120 Å². The standard InChI is InChI=1S/C22H26N2O7S/c1-14(2)22(26)23-16-7-9-17(10-8-16)24-32(27,28)19-13-15(6-11-20(25)30-4)12-18(29-3)21(19)31-5/h6-14,24H,1-5H3,(H,23,26)/b11-6+. The normalized spacial score (nSPS) is 11.3. The summed E-state index contributed by atoms with van der Waals surface area (Å²) >= 11 is 0. The quantitative estimate of drug-likeness (QED) is 0.433. The van der Waals surface area contributed by atoms with Crippen molar-refractivity contribution in [3.8, 4) is 11.5 Å². The number of esters is 1. The van der Waals surface area contributed by atoms with E-state index in [0.29, 0.717) is 11.3 Å². The van der Waals surface area contributed by atoms with Gasteiger partial charge in [0, 0.05) is 23.4 Å². The summed E-state index contributed by atoms with van der Waals surface area (Å²) in [6.07, 6.45) is 2.56. The van der Waals surface area contributed by atoms with Crippen molar-refractivity contribution in [3.05, 3.63) is 48.0 Å². The first-order valence-electron chi connectivity index (χ1n) is 9.57. The van der Waals surface area contributed by atoms with Gasteiger partial charge < -0.3 is 19.5 Å². The van der Waals surface area contributed by atoms with Crippen molar-refractivity contribution in [1.82, 2.24) is 0 Å². The van der Waals surface area contributed by atoms with Crippen LogP contribution >= 0.6 is 0 Å². The maximum atomic E-state index is 13.1. The Labute approximate surface area is 187 Å². The van der Waals surface area contributed by atoms with E-state index in [1.54, 1.807) is 26.0 Å². The maximum absolute atomic E-state index is 13.1. The minimum absolute atomic E-state index is 0.0102. The van der Waals surface area contributed by atoms with Gasteiger partial charge in [0.15, 0.2) is 11.5 Å². The number of anilines is 2. The van der Waals surface area contributed by atoms with Gasteiger partial charge in [0.05, 0.1) is 21.3 Å². The Kier molecular flexibility index (Phi) is 8.25. The first-order chi connectivity index (χ1) is 15.1. The number of methoxy groups -OCH3 is 3. The molecular formula is C22H26N2O7S. The van der Waals surface area contributed by atoms with Crippen LogP contribution in [0.2, 0.25) is 0 Å². The fraction of sp³-hybridized carbons (Fsp3) is 0.273. The number of sulfonamides is 1. The first-order valence-corrected chi connectivity index (χ1v) is 11.1. The Morgan fingerprint density at radius 2 is 1.59 bits per heavy atom. The number of carbonyl (C=O) groups excluding carboxylic acids is 2. The average Bonchev–Trinajstić information content (AvgIpc) is 2.77. The van der Waals surface area contributed by atoms with Gasteiger partial charge in [0.25, 0.3) is 10.0 Å². The molecule has 1 amide bonds. The average molecular weight is 463 g/mol. The molecule has 0 bridgehead atoms. The van der Waals surface area contributed by atoms with Crippen molar-refractivity contribution < 1.29 is 32.2 Å². The van der Waals surface area contributed by atoms with E-state index in [0.717, 1.165) is 6.08 Å². The van der Waals surface area contributed by atoms with Crippen LogP contribution in [0.4, 0.5) is 11.4 Å². The SMILES string of the molecule is COC(=O)/C=C/c1cc(OC)c(OC)c(S(=O)(=O)Nc2ccc(NC(=O)C(C)C)cc2)c1. The molecule has 0 spiro atoms. The van der Waals surface area contributed by atoms with E-state index < -0.39 is 16.0 Å². The smallest absolute Gasteiger partial charge is 0.330 e. The lowest BCUT2D eigenvalue weighted by atomic mass is 10.2. The Hall–Kier alpha value is -3.53. The van der Waals surface area contributed by atoms with Crippen LogP contribution in [0.25, 0.3) is 6.08 Å². The van der Waals surface area contributed by atoms with Crippen LogP contribution in [0.1, 0.15) is 19.4 Å². The van der Waals surface area contributed by atoms with Gasteiger partial charge in [-0.2, -0.15) is 0 Å². The van der Waals surface area contributed by atoms with Gasteiger partial charge in [-0.15, -0.1) is 0 Å². The molecule has 0 fully saturated rings. The third-order valence-electron chi connectivity index (χ3n) is 4.30. The summed E-state index contributed by atoms with van der Waals surface area (Å²) in [5.74, 6) is -0.738. The molecule has 0 saturated carbocycles. The highest BCUT2D eigenvalue weighted by molar-refractivity contribution is 7.92. The third-order valence-corrected chi connectivity index (χ3v) is 5.69. The summed E-state index contributed by atoms with van der Waals surface area (Å²) < 4.78 is 43.8. The minimum atomic E-state index is -4.10. The zero-order chi connectivity index (χ0) is 23.9. The number of nitrogens with one attached hydrogen (secondary N) is 2. The molecule has 2 N–H and O–H groups in total. The highest BCUT2D eigenvalue weighted by Crippen LogP contribution is 2.37. The van der Waals surface area contributed by atoms with Crippen molar-refractivity contribution in [2.45, 2.75) is 18.7 Å². The summed E-state index contributed by atoms with van der Waals surface area (Å²) in [7, 11) is -0.159. The molecule has 0 saturated heterocycles. The van der Waals surface area contributed by atoms with E-state index in [9.17, 15) is 18.0 Å². The Morgan fingerprint density at radius 1 is 0.969 bits per heavy atom. The fourth-order valence-electron chi connectivity index (χ4n) is 2.60. The lowest BCUT2D eigenvalue weighted by Crippen LogP contribution is -2.18. The molecule has 2 rings (SSSR count).